The molecule has 0 radical (unpaired) electrons. The van der Waals surface area contributed by atoms with Crippen LogP contribution in [0.3, 0.4) is 0 Å². The van der Waals surface area contributed by atoms with E-state index in [4.69, 9.17) is 16.3 Å². The summed E-state index contributed by atoms with van der Waals surface area (Å²) in [6.45, 7) is 2.71. The molecule has 28 heavy (non-hydrogen) atoms. The van der Waals surface area contributed by atoms with Gasteiger partial charge in [0.05, 0.1) is 18.4 Å². The highest BCUT2D eigenvalue weighted by Crippen LogP contribution is 2.33. The Bertz CT molecular complexity index is 1200. The molecule has 0 aliphatic heterocycles. The first-order chi connectivity index (χ1) is 13.6. The molecule has 0 aliphatic carbocycles. The van der Waals surface area contributed by atoms with Gasteiger partial charge in [0.15, 0.2) is 15.9 Å². The Morgan fingerprint density at radius 2 is 2.14 bits per heavy atom. The molecule has 4 aromatic rings. The van der Waals surface area contributed by atoms with Gasteiger partial charge in [0, 0.05) is 35.0 Å². The van der Waals surface area contributed by atoms with Crippen LogP contribution in [0.2, 0.25) is 5.02 Å². The van der Waals surface area contributed by atoms with E-state index in [1.165, 1.54) is 27.5 Å². The van der Waals surface area contributed by atoms with E-state index in [0.29, 0.717) is 39.5 Å². The first kappa shape index (κ1) is 19.0. The van der Waals surface area contributed by atoms with Crippen LogP contribution < -0.4 is 10.3 Å². The Balaban J connectivity index is 1.64. The molecule has 0 bridgehead atoms. The molecule has 0 aliphatic rings. The van der Waals surface area contributed by atoms with Crippen LogP contribution in [-0.2, 0) is 12.3 Å². The van der Waals surface area contributed by atoms with Gasteiger partial charge in [0.25, 0.3) is 5.56 Å². The Kier molecular flexibility index (Phi) is 5.38. The zero-order valence-corrected chi connectivity index (χ0v) is 17.5. The van der Waals surface area contributed by atoms with Gasteiger partial charge in [-0.15, -0.1) is 21.5 Å². The van der Waals surface area contributed by atoms with Crippen molar-refractivity contribution in [2.45, 2.75) is 24.4 Å². The molecule has 1 aromatic carbocycles. The molecule has 0 amide bonds. The van der Waals surface area contributed by atoms with Crippen molar-refractivity contribution in [2.24, 2.45) is 0 Å². The van der Waals surface area contributed by atoms with E-state index in [1.54, 1.807) is 25.4 Å². The third-order valence-corrected chi connectivity index (χ3v) is 6.13. The number of nitrogens with zero attached hydrogens (tertiary/aromatic N) is 5. The first-order valence-corrected chi connectivity index (χ1v) is 10.7. The molecular weight excluding hydrogens is 418 g/mol. The Labute approximate surface area is 174 Å². The predicted molar refractivity (Wildman–Crippen MR) is 112 cm³/mol. The van der Waals surface area contributed by atoms with E-state index in [-0.39, 0.29) is 5.56 Å². The third-order valence-electron chi connectivity index (χ3n) is 4.14. The fourth-order valence-corrected chi connectivity index (χ4v) is 4.64. The summed E-state index contributed by atoms with van der Waals surface area (Å²) in [7, 11) is 1.61. The standard InChI is InChI=1S/C18H16ClN5O2S2/c1-3-23-16(13-8-11(19)4-5-14(13)26-2)21-22-18(23)28-10-12-9-15(25)24-6-7-27-17(24)20-12/h4-9H,3,10H2,1-2H3. The lowest BCUT2D eigenvalue weighted by Gasteiger charge is -2.11. The summed E-state index contributed by atoms with van der Waals surface area (Å²) >= 11 is 9.09. The second-order valence-electron chi connectivity index (χ2n) is 5.83. The highest BCUT2D eigenvalue weighted by Gasteiger charge is 2.17. The number of methoxy groups -OCH3 is 1. The molecule has 3 heterocycles. The van der Waals surface area contributed by atoms with Gasteiger partial charge in [-0.3, -0.25) is 9.20 Å². The second kappa shape index (κ2) is 7.94. The number of ether oxygens (including phenoxy) is 1. The van der Waals surface area contributed by atoms with Gasteiger partial charge < -0.3 is 9.30 Å². The summed E-state index contributed by atoms with van der Waals surface area (Å²) in [5.74, 6) is 1.89. The molecule has 144 valence electrons. The lowest BCUT2D eigenvalue weighted by atomic mass is 10.2. The second-order valence-corrected chi connectivity index (χ2v) is 8.08. The topological polar surface area (TPSA) is 74.3 Å². The highest BCUT2D eigenvalue weighted by atomic mass is 35.5. The van der Waals surface area contributed by atoms with Crippen molar-refractivity contribution in [3.8, 4) is 17.1 Å². The minimum atomic E-state index is -0.0804. The molecular formula is C18H16ClN5O2S2. The van der Waals surface area contributed by atoms with Gasteiger partial charge in [0.2, 0.25) is 0 Å². The smallest absolute Gasteiger partial charge is 0.258 e. The number of thiazole rings is 1. The Hall–Kier alpha value is -2.36. The van der Waals surface area contributed by atoms with Gasteiger partial charge >= 0.3 is 0 Å². The number of rotatable bonds is 6. The van der Waals surface area contributed by atoms with Crippen LogP contribution >= 0.6 is 34.7 Å². The summed E-state index contributed by atoms with van der Waals surface area (Å²) in [5, 5.41) is 11.9. The predicted octanol–water partition coefficient (Wildman–Crippen LogP) is 3.99. The van der Waals surface area contributed by atoms with E-state index in [2.05, 4.69) is 15.2 Å². The van der Waals surface area contributed by atoms with Crippen LogP contribution in [0.25, 0.3) is 16.3 Å². The number of benzene rings is 1. The number of aromatic nitrogens is 5. The van der Waals surface area contributed by atoms with Crippen molar-refractivity contribution in [3.63, 3.8) is 0 Å². The number of halogens is 1. The van der Waals surface area contributed by atoms with Crippen molar-refractivity contribution in [3.05, 3.63) is 56.9 Å². The lowest BCUT2D eigenvalue weighted by molar-refractivity contribution is 0.416. The molecule has 0 saturated heterocycles. The molecule has 0 spiro atoms. The molecule has 0 saturated carbocycles. The number of hydrogen-bond acceptors (Lipinski definition) is 7. The van der Waals surface area contributed by atoms with Gasteiger partial charge in [-0.1, -0.05) is 23.4 Å². The summed E-state index contributed by atoms with van der Waals surface area (Å²) in [6, 6.07) is 6.96. The fraction of sp³-hybridized carbons (Fsp3) is 0.222. The minimum Gasteiger partial charge on any atom is -0.496 e. The molecule has 0 fully saturated rings. The molecule has 0 N–H and O–H groups in total. The van der Waals surface area contributed by atoms with Crippen LogP contribution in [0.15, 0.2) is 45.8 Å². The molecule has 4 rings (SSSR count). The van der Waals surface area contributed by atoms with Gasteiger partial charge in [-0.25, -0.2) is 4.98 Å². The molecule has 7 nitrogen and oxygen atoms in total. The van der Waals surface area contributed by atoms with E-state index in [0.717, 1.165) is 10.7 Å². The molecule has 0 atom stereocenters. The van der Waals surface area contributed by atoms with Crippen molar-refractivity contribution in [1.29, 1.82) is 0 Å². The highest BCUT2D eigenvalue weighted by molar-refractivity contribution is 7.98. The van der Waals surface area contributed by atoms with Crippen LogP contribution in [0, 0.1) is 0 Å². The number of hydrogen-bond donors (Lipinski definition) is 0. The molecule has 10 heteroatoms. The van der Waals surface area contributed by atoms with Crippen molar-refractivity contribution in [2.75, 3.05) is 7.11 Å². The Morgan fingerprint density at radius 1 is 1.29 bits per heavy atom. The van der Waals surface area contributed by atoms with E-state index in [1.807, 2.05) is 29.0 Å². The zero-order valence-electron chi connectivity index (χ0n) is 15.1. The van der Waals surface area contributed by atoms with Crippen LogP contribution in [0.1, 0.15) is 12.6 Å². The van der Waals surface area contributed by atoms with Crippen LogP contribution in [0.4, 0.5) is 0 Å². The normalized spacial score (nSPS) is 11.2. The monoisotopic (exact) mass is 433 g/mol. The quantitative estimate of drug-likeness (QED) is 0.428. The van der Waals surface area contributed by atoms with Crippen LogP contribution in [-0.4, -0.2) is 31.3 Å². The SMILES string of the molecule is CCn1c(SCc2cc(=O)n3ccsc3n2)nnc1-c1cc(Cl)ccc1OC. The van der Waals surface area contributed by atoms with Crippen molar-refractivity contribution in [1.82, 2.24) is 24.1 Å². The van der Waals surface area contributed by atoms with E-state index < -0.39 is 0 Å². The van der Waals surface area contributed by atoms with Gasteiger partial charge in [0.1, 0.15) is 5.75 Å². The zero-order chi connectivity index (χ0) is 19.7. The fourth-order valence-electron chi connectivity index (χ4n) is 2.83. The average molecular weight is 434 g/mol. The summed E-state index contributed by atoms with van der Waals surface area (Å²) in [6.07, 6.45) is 1.73. The maximum absolute atomic E-state index is 12.1. The first-order valence-electron chi connectivity index (χ1n) is 8.46. The van der Waals surface area contributed by atoms with Crippen molar-refractivity contribution < 1.29 is 4.74 Å². The molecule has 0 unspecified atom stereocenters. The number of thioether (sulfide) groups is 1. The summed E-state index contributed by atoms with van der Waals surface area (Å²) < 4.78 is 8.98. The van der Waals surface area contributed by atoms with E-state index >= 15 is 0 Å². The Morgan fingerprint density at radius 3 is 2.93 bits per heavy atom. The maximum atomic E-state index is 12.1. The average Bonchev–Trinajstić information content (AvgIpc) is 3.33. The number of fused-ring (bicyclic) bond motifs is 1. The minimum absolute atomic E-state index is 0.0804. The van der Waals surface area contributed by atoms with E-state index in [9.17, 15) is 4.79 Å². The van der Waals surface area contributed by atoms with Crippen LogP contribution in [0.5, 0.6) is 5.75 Å². The van der Waals surface area contributed by atoms with Gasteiger partial charge in [-0.05, 0) is 25.1 Å². The van der Waals surface area contributed by atoms with Crippen molar-refractivity contribution >= 4 is 39.7 Å². The largest absolute Gasteiger partial charge is 0.496 e. The lowest BCUT2D eigenvalue weighted by Crippen LogP contribution is -2.12. The molecule has 3 aromatic heterocycles. The maximum Gasteiger partial charge on any atom is 0.258 e. The van der Waals surface area contributed by atoms with Gasteiger partial charge in [-0.2, -0.15) is 0 Å². The third kappa shape index (κ3) is 3.52. The summed E-state index contributed by atoms with van der Waals surface area (Å²) in [4.78, 5) is 17.4. The summed E-state index contributed by atoms with van der Waals surface area (Å²) in [5.41, 5.74) is 1.42.